The van der Waals surface area contributed by atoms with Crippen molar-refractivity contribution in [2.24, 2.45) is 0 Å². The van der Waals surface area contributed by atoms with E-state index in [1.165, 1.54) is 0 Å². The van der Waals surface area contributed by atoms with Crippen LogP contribution in [-0.2, 0) is 14.8 Å². The van der Waals surface area contributed by atoms with Gasteiger partial charge in [-0.2, -0.15) is 0 Å². The molecule has 1 fully saturated rings. The molecule has 14 heavy (non-hydrogen) atoms. The van der Waals surface area contributed by atoms with Gasteiger partial charge in [0, 0.05) is 24.9 Å². The first-order valence-corrected chi connectivity index (χ1v) is 6.55. The summed E-state index contributed by atoms with van der Waals surface area (Å²) in [5, 5.41) is 2.67. The zero-order valence-electron chi connectivity index (χ0n) is 7.62. The molecule has 1 aliphatic heterocycles. The predicted octanol–water partition coefficient (Wildman–Crippen LogP) is -0.577. The number of hydrogen-bond acceptors (Lipinski definition) is 3. The number of alkyl halides is 1. The number of carbonyl (C=O) groups excluding carboxylic acids is 1. The summed E-state index contributed by atoms with van der Waals surface area (Å²) in [5.41, 5.74) is 0. The van der Waals surface area contributed by atoms with Crippen molar-refractivity contribution in [2.45, 2.75) is 18.9 Å². The topological polar surface area (TPSA) is 75.3 Å². The summed E-state index contributed by atoms with van der Waals surface area (Å²) in [7, 11) is -3.27. The van der Waals surface area contributed by atoms with Crippen LogP contribution in [0.15, 0.2) is 0 Å². The first-order valence-electron chi connectivity index (χ1n) is 4.36. The Labute approximate surface area is 88.2 Å². The smallest absolute Gasteiger partial charge is 0.220 e. The third-order valence-corrected chi connectivity index (χ3v) is 3.74. The lowest BCUT2D eigenvalue weighted by Gasteiger charge is -2.10. The third kappa shape index (κ3) is 3.81. The Balaban J connectivity index is 2.30. The predicted molar refractivity (Wildman–Crippen MR) is 53.7 cm³/mol. The van der Waals surface area contributed by atoms with Crippen LogP contribution in [-0.4, -0.2) is 38.5 Å². The van der Waals surface area contributed by atoms with Crippen molar-refractivity contribution in [3.63, 3.8) is 0 Å². The number of halogens is 1. The lowest BCUT2D eigenvalue weighted by atomic mass is 10.2. The van der Waals surface area contributed by atoms with Crippen molar-refractivity contribution in [3.05, 3.63) is 0 Å². The Morgan fingerprint density at radius 1 is 1.57 bits per heavy atom. The summed E-state index contributed by atoms with van der Waals surface area (Å²) in [6.45, 7) is 0.255. The first kappa shape index (κ1) is 11.7. The van der Waals surface area contributed by atoms with Crippen LogP contribution in [0.5, 0.6) is 0 Å². The van der Waals surface area contributed by atoms with Crippen molar-refractivity contribution in [1.29, 1.82) is 0 Å². The number of rotatable bonds is 5. The summed E-state index contributed by atoms with van der Waals surface area (Å²) in [5.74, 6) is -0.0340. The monoisotopic (exact) mass is 240 g/mol. The molecule has 0 spiro atoms. The average molecular weight is 241 g/mol. The summed E-state index contributed by atoms with van der Waals surface area (Å²) in [4.78, 5) is 10.8. The highest BCUT2D eigenvalue weighted by molar-refractivity contribution is 7.89. The van der Waals surface area contributed by atoms with Crippen molar-refractivity contribution in [3.8, 4) is 0 Å². The van der Waals surface area contributed by atoms with Crippen LogP contribution in [0, 0.1) is 0 Å². The standard InChI is InChI=1S/C7H13ClN2O3S/c8-3-4-14(12,13)9-5-6-1-2-7(11)10-6/h6,9H,1-5H2,(H,10,11). The van der Waals surface area contributed by atoms with E-state index in [4.69, 9.17) is 11.6 Å². The minimum atomic E-state index is -3.27. The van der Waals surface area contributed by atoms with E-state index < -0.39 is 10.0 Å². The van der Waals surface area contributed by atoms with Gasteiger partial charge >= 0.3 is 0 Å². The highest BCUT2D eigenvalue weighted by Crippen LogP contribution is 2.05. The SMILES string of the molecule is O=C1CCC(CNS(=O)(=O)CCCl)N1. The van der Waals surface area contributed by atoms with E-state index >= 15 is 0 Å². The zero-order valence-corrected chi connectivity index (χ0v) is 9.20. The molecule has 7 heteroatoms. The molecule has 1 aliphatic rings. The molecule has 0 aliphatic carbocycles. The average Bonchev–Trinajstić information content (AvgIpc) is 2.48. The molecular weight excluding hydrogens is 228 g/mol. The number of sulfonamides is 1. The van der Waals surface area contributed by atoms with Gasteiger partial charge in [0.2, 0.25) is 15.9 Å². The molecule has 2 N–H and O–H groups in total. The van der Waals surface area contributed by atoms with E-state index in [9.17, 15) is 13.2 Å². The summed E-state index contributed by atoms with van der Waals surface area (Å²) >= 11 is 5.32. The molecule has 5 nitrogen and oxygen atoms in total. The van der Waals surface area contributed by atoms with E-state index in [1.54, 1.807) is 0 Å². The van der Waals surface area contributed by atoms with E-state index in [0.717, 1.165) is 0 Å². The molecule has 0 aromatic rings. The number of amides is 1. The normalized spacial score (nSPS) is 22.4. The molecule has 1 saturated heterocycles. The Morgan fingerprint density at radius 2 is 2.29 bits per heavy atom. The molecule has 1 atom stereocenters. The second-order valence-electron chi connectivity index (χ2n) is 3.16. The molecule has 0 saturated carbocycles. The Hall–Kier alpha value is -0.330. The molecule has 0 aromatic heterocycles. The van der Waals surface area contributed by atoms with E-state index in [0.29, 0.717) is 12.8 Å². The van der Waals surface area contributed by atoms with Crippen LogP contribution in [0.25, 0.3) is 0 Å². The van der Waals surface area contributed by atoms with Gasteiger partial charge in [-0.15, -0.1) is 11.6 Å². The van der Waals surface area contributed by atoms with Crippen LogP contribution in [0.1, 0.15) is 12.8 Å². The van der Waals surface area contributed by atoms with Gasteiger partial charge in [-0.1, -0.05) is 0 Å². The maximum absolute atomic E-state index is 11.2. The molecule has 0 bridgehead atoms. The van der Waals surface area contributed by atoms with Crippen LogP contribution in [0.4, 0.5) is 0 Å². The van der Waals surface area contributed by atoms with Gasteiger partial charge in [0.15, 0.2) is 0 Å². The van der Waals surface area contributed by atoms with Gasteiger partial charge in [-0.25, -0.2) is 13.1 Å². The number of carbonyl (C=O) groups is 1. The molecule has 1 unspecified atom stereocenters. The van der Waals surface area contributed by atoms with Crippen molar-refractivity contribution >= 4 is 27.5 Å². The Morgan fingerprint density at radius 3 is 2.79 bits per heavy atom. The fraction of sp³-hybridized carbons (Fsp3) is 0.857. The van der Waals surface area contributed by atoms with Crippen LogP contribution in [0.2, 0.25) is 0 Å². The number of hydrogen-bond donors (Lipinski definition) is 2. The zero-order chi connectivity index (χ0) is 10.6. The molecule has 0 aromatic carbocycles. The highest BCUT2D eigenvalue weighted by Gasteiger charge is 2.22. The van der Waals surface area contributed by atoms with Gasteiger partial charge in [-0.05, 0) is 6.42 Å². The Bertz CT molecular complexity index is 304. The summed E-state index contributed by atoms with van der Waals surface area (Å²) in [6.07, 6.45) is 1.16. The fourth-order valence-corrected chi connectivity index (χ4v) is 2.64. The maximum atomic E-state index is 11.2. The van der Waals surface area contributed by atoms with Crippen molar-refractivity contribution in [1.82, 2.24) is 10.0 Å². The van der Waals surface area contributed by atoms with Crippen LogP contribution in [0.3, 0.4) is 0 Å². The third-order valence-electron chi connectivity index (χ3n) is 1.98. The summed E-state index contributed by atoms with van der Waals surface area (Å²) < 4.78 is 24.7. The molecule has 1 heterocycles. The van der Waals surface area contributed by atoms with Crippen LogP contribution < -0.4 is 10.0 Å². The largest absolute Gasteiger partial charge is 0.352 e. The fourth-order valence-electron chi connectivity index (χ4n) is 1.23. The van der Waals surface area contributed by atoms with E-state index in [-0.39, 0.29) is 30.1 Å². The number of nitrogens with one attached hydrogen (secondary N) is 2. The lowest BCUT2D eigenvalue weighted by molar-refractivity contribution is -0.119. The summed E-state index contributed by atoms with van der Waals surface area (Å²) in [6, 6.07) is -0.0763. The Kier molecular flexibility index (Phi) is 4.15. The molecular formula is C7H13ClN2O3S. The molecule has 0 radical (unpaired) electrons. The van der Waals surface area contributed by atoms with Crippen molar-refractivity contribution < 1.29 is 13.2 Å². The second kappa shape index (κ2) is 4.95. The molecule has 1 rings (SSSR count). The first-order chi connectivity index (χ1) is 6.53. The van der Waals surface area contributed by atoms with Gasteiger partial charge in [-0.3, -0.25) is 4.79 Å². The van der Waals surface area contributed by atoms with E-state index in [2.05, 4.69) is 10.0 Å². The van der Waals surface area contributed by atoms with Gasteiger partial charge in [0.25, 0.3) is 0 Å². The minimum absolute atomic E-state index is 0.0217. The minimum Gasteiger partial charge on any atom is -0.352 e. The van der Waals surface area contributed by atoms with Gasteiger partial charge < -0.3 is 5.32 Å². The maximum Gasteiger partial charge on any atom is 0.220 e. The van der Waals surface area contributed by atoms with Gasteiger partial charge in [0.1, 0.15) is 0 Å². The van der Waals surface area contributed by atoms with Crippen LogP contribution >= 0.6 is 11.6 Å². The van der Waals surface area contributed by atoms with Gasteiger partial charge in [0.05, 0.1) is 5.75 Å². The molecule has 82 valence electrons. The highest BCUT2D eigenvalue weighted by atomic mass is 35.5. The second-order valence-corrected chi connectivity index (χ2v) is 5.46. The quantitative estimate of drug-likeness (QED) is 0.632. The lowest BCUT2D eigenvalue weighted by Crippen LogP contribution is -2.39. The molecule has 1 amide bonds. The van der Waals surface area contributed by atoms with Crippen molar-refractivity contribution in [2.75, 3.05) is 18.2 Å². The van der Waals surface area contributed by atoms with E-state index in [1.807, 2.05) is 0 Å².